The lowest BCUT2D eigenvalue weighted by Crippen LogP contribution is -2.52. The zero-order chi connectivity index (χ0) is 26.8. The average Bonchev–Trinajstić information content (AvgIpc) is 3.46. The third-order valence-corrected chi connectivity index (χ3v) is 8.16. The minimum atomic E-state index is -0.614. The summed E-state index contributed by atoms with van der Waals surface area (Å²) >= 11 is 0. The molecule has 200 valence electrons. The Hall–Kier alpha value is -4.20. The number of carbonyl (C=O) groups is 2. The van der Waals surface area contributed by atoms with E-state index >= 15 is 0 Å². The van der Waals surface area contributed by atoms with Gasteiger partial charge in [-0.3, -0.25) is 9.59 Å². The molecule has 0 saturated heterocycles. The van der Waals surface area contributed by atoms with E-state index in [1.807, 2.05) is 77.7 Å². The first-order valence-corrected chi connectivity index (χ1v) is 13.6. The van der Waals surface area contributed by atoms with Gasteiger partial charge in [-0.25, -0.2) is 0 Å². The number of amides is 2. The second kappa shape index (κ2) is 10.9. The Morgan fingerprint density at radius 1 is 0.923 bits per heavy atom. The first kappa shape index (κ1) is 25.1. The molecule has 0 radical (unpaired) electrons. The number of hydrogen-bond acceptors (Lipinski definition) is 6. The van der Waals surface area contributed by atoms with Crippen molar-refractivity contribution >= 4 is 11.8 Å². The fourth-order valence-electron chi connectivity index (χ4n) is 6.21. The lowest BCUT2D eigenvalue weighted by atomic mass is 9.76. The quantitative estimate of drug-likeness (QED) is 0.431. The molecule has 0 spiro atoms. The highest BCUT2D eigenvalue weighted by atomic mass is 16.7. The topological polar surface area (TPSA) is 97.3 Å². The van der Waals surface area contributed by atoms with Gasteiger partial charge in [-0.1, -0.05) is 59.8 Å². The summed E-state index contributed by atoms with van der Waals surface area (Å²) < 4.78 is 11.2. The second-order valence-electron chi connectivity index (χ2n) is 10.4. The Bertz CT molecular complexity index is 1370. The van der Waals surface area contributed by atoms with Crippen LogP contribution in [0.3, 0.4) is 0 Å². The van der Waals surface area contributed by atoms with Crippen LogP contribution in [0.15, 0.2) is 78.0 Å². The standard InChI is InChI=1S/C31H31N3O5/c35-30(32-17-16-20-6-2-1-3-7-20)28-24-8-4-5-9-25(24)31(36)34(23-13-11-22(33-37)12-14-23)29(28)21-10-15-26-27(18-21)39-19-38-26/h1-10,15,18,22-23,28-29H,11-14,16-17,19H2,(H,32,35)/t22-,23-,28-,29+/m1/s1. The first-order valence-electron chi connectivity index (χ1n) is 13.6. The lowest BCUT2D eigenvalue weighted by molar-refractivity contribution is -0.124. The normalized spacial score (nSPS) is 23.7. The average molecular weight is 526 g/mol. The molecule has 8 heteroatoms. The van der Waals surface area contributed by atoms with E-state index < -0.39 is 12.0 Å². The van der Waals surface area contributed by atoms with E-state index in [1.165, 1.54) is 0 Å². The van der Waals surface area contributed by atoms with E-state index in [0.29, 0.717) is 55.7 Å². The van der Waals surface area contributed by atoms with Crippen LogP contribution in [0.2, 0.25) is 0 Å². The number of ether oxygens (including phenoxy) is 2. The summed E-state index contributed by atoms with van der Waals surface area (Å²) in [5.74, 6) is 0.424. The first-order chi connectivity index (χ1) is 19.1. The summed E-state index contributed by atoms with van der Waals surface area (Å²) in [7, 11) is 0. The number of carbonyl (C=O) groups excluding carboxylic acids is 2. The Balaban J connectivity index is 1.38. The van der Waals surface area contributed by atoms with Crippen LogP contribution in [0.4, 0.5) is 0 Å². The third-order valence-electron chi connectivity index (χ3n) is 8.16. The maximum absolute atomic E-state index is 14.1. The number of nitrogens with zero attached hydrogens (tertiary/aromatic N) is 2. The van der Waals surface area contributed by atoms with Gasteiger partial charge in [-0.2, -0.15) is 4.91 Å². The van der Waals surface area contributed by atoms with E-state index in [-0.39, 0.29) is 30.7 Å². The van der Waals surface area contributed by atoms with Crippen LogP contribution in [-0.4, -0.2) is 42.1 Å². The molecule has 2 aliphatic heterocycles. The maximum atomic E-state index is 14.1. The van der Waals surface area contributed by atoms with Gasteiger partial charge in [0.2, 0.25) is 12.7 Å². The van der Waals surface area contributed by atoms with E-state index in [2.05, 4.69) is 10.5 Å². The summed E-state index contributed by atoms with van der Waals surface area (Å²) in [4.78, 5) is 41.2. The molecule has 1 fully saturated rings. The van der Waals surface area contributed by atoms with Gasteiger partial charge in [-0.05, 0) is 67.0 Å². The van der Waals surface area contributed by atoms with E-state index in [0.717, 1.165) is 16.7 Å². The van der Waals surface area contributed by atoms with Crippen molar-refractivity contribution in [2.45, 2.75) is 56.1 Å². The predicted octanol–water partition coefficient (Wildman–Crippen LogP) is 5.13. The fourth-order valence-corrected chi connectivity index (χ4v) is 6.21. The molecule has 39 heavy (non-hydrogen) atoms. The van der Waals surface area contributed by atoms with Crippen LogP contribution >= 0.6 is 0 Å². The number of benzene rings is 3. The van der Waals surface area contributed by atoms with Crippen molar-refractivity contribution in [2.24, 2.45) is 5.18 Å². The highest BCUT2D eigenvalue weighted by Gasteiger charge is 2.47. The summed E-state index contributed by atoms with van der Waals surface area (Å²) in [5, 5.41) is 6.41. The number of hydrogen-bond donors (Lipinski definition) is 1. The molecule has 2 atom stereocenters. The minimum Gasteiger partial charge on any atom is -0.454 e. The van der Waals surface area contributed by atoms with Gasteiger partial charge in [-0.15, -0.1) is 0 Å². The zero-order valence-corrected chi connectivity index (χ0v) is 21.6. The van der Waals surface area contributed by atoms with Crippen molar-refractivity contribution in [1.29, 1.82) is 0 Å². The third kappa shape index (κ3) is 4.87. The Kier molecular flexibility index (Phi) is 7.00. The molecule has 8 nitrogen and oxygen atoms in total. The van der Waals surface area contributed by atoms with Gasteiger partial charge in [0, 0.05) is 18.2 Å². The molecule has 2 heterocycles. The molecule has 3 aliphatic rings. The molecule has 3 aromatic carbocycles. The second-order valence-corrected chi connectivity index (χ2v) is 10.4. The van der Waals surface area contributed by atoms with Crippen molar-refractivity contribution in [3.8, 4) is 11.5 Å². The highest BCUT2D eigenvalue weighted by Crippen LogP contribution is 2.47. The van der Waals surface area contributed by atoms with Gasteiger partial charge in [0.05, 0.1) is 18.0 Å². The number of nitroso groups, excluding NO2 is 1. The van der Waals surface area contributed by atoms with Crippen LogP contribution in [0.25, 0.3) is 0 Å². The largest absolute Gasteiger partial charge is 0.454 e. The molecule has 0 aromatic heterocycles. The molecular weight excluding hydrogens is 494 g/mol. The smallest absolute Gasteiger partial charge is 0.254 e. The molecule has 3 aromatic rings. The van der Waals surface area contributed by atoms with Crippen molar-refractivity contribution in [2.75, 3.05) is 13.3 Å². The summed E-state index contributed by atoms with van der Waals surface area (Å²) in [5.41, 5.74) is 3.24. The molecule has 1 aliphatic carbocycles. The van der Waals surface area contributed by atoms with Crippen molar-refractivity contribution in [1.82, 2.24) is 10.2 Å². The van der Waals surface area contributed by atoms with Crippen LogP contribution in [0.5, 0.6) is 11.5 Å². The van der Waals surface area contributed by atoms with Crippen LogP contribution in [-0.2, 0) is 11.2 Å². The van der Waals surface area contributed by atoms with Crippen LogP contribution < -0.4 is 14.8 Å². The molecule has 1 N–H and O–H groups in total. The Labute approximate surface area is 227 Å². The van der Waals surface area contributed by atoms with E-state index in [4.69, 9.17) is 9.47 Å². The van der Waals surface area contributed by atoms with Gasteiger partial charge in [0.25, 0.3) is 5.91 Å². The zero-order valence-electron chi connectivity index (χ0n) is 21.6. The van der Waals surface area contributed by atoms with Crippen molar-refractivity contribution in [3.63, 3.8) is 0 Å². The van der Waals surface area contributed by atoms with Gasteiger partial charge in [0.1, 0.15) is 0 Å². The van der Waals surface area contributed by atoms with Crippen LogP contribution in [0.1, 0.15) is 64.7 Å². The molecule has 0 unspecified atom stereocenters. The summed E-state index contributed by atoms with van der Waals surface area (Å²) in [6.07, 6.45) is 3.28. The lowest BCUT2D eigenvalue weighted by Gasteiger charge is -2.47. The molecule has 0 bridgehead atoms. The summed E-state index contributed by atoms with van der Waals surface area (Å²) in [6, 6.07) is 22.2. The van der Waals surface area contributed by atoms with E-state index in [1.54, 1.807) is 0 Å². The maximum Gasteiger partial charge on any atom is 0.254 e. The van der Waals surface area contributed by atoms with Gasteiger partial charge >= 0.3 is 0 Å². The monoisotopic (exact) mass is 525 g/mol. The molecule has 1 saturated carbocycles. The van der Waals surface area contributed by atoms with Gasteiger partial charge in [0.15, 0.2) is 11.5 Å². The number of nitrogens with one attached hydrogen (secondary N) is 1. The Morgan fingerprint density at radius 3 is 2.46 bits per heavy atom. The van der Waals surface area contributed by atoms with Crippen LogP contribution in [0, 0.1) is 4.91 Å². The number of rotatable bonds is 7. The van der Waals surface area contributed by atoms with Gasteiger partial charge < -0.3 is 19.7 Å². The van der Waals surface area contributed by atoms with E-state index in [9.17, 15) is 14.5 Å². The van der Waals surface area contributed by atoms with Crippen molar-refractivity contribution in [3.05, 3.63) is 100.0 Å². The predicted molar refractivity (Wildman–Crippen MR) is 146 cm³/mol. The molecule has 6 rings (SSSR count). The fraction of sp³-hybridized carbons (Fsp3) is 0.355. The minimum absolute atomic E-state index is 0.0934. The highest BCUT2D eigenvalue weighted by molar-refractivity contribution is 6.01. The SMILES string of the molecule is O=N[C@H]1CC[C@H](N2C(=O)c3ccccc3[C@@H](C(=O)NCCc3ccccc3)[C@@H]2c2ccc3c(c2)OCO3)CC1. The Morgan fingerprint density at radius 2 is 1.67 bits per heavy atom. The summed E-state index contributed by atoms with van der Waals surface area (Å²) in [6.45, 7) is 0.625. The number of fused-ring (bicyclic) bond motifs is 2. The van der Waals surface area contributed by atoms with Crippen molar-refractivity contribution < 1.29 is 19.1 Å². The molecule has 2 amide bonds. The molecular formula is C31H31N3O5.